The van der Waals surface area contributed by atoms with Crippen LogP contribution in [0.3, 0.4) is 0 Å². The van der Waals surface area contributed by atoms with E-state index in [0.29, 0.717) is 13.0 Å². The SMILES string of the molecule is O=C(Cn1c(-c2ccccc2)nc2ccccc21)NC1CCNC1=O. The van der Waals surface area contributed by atoms with E-state index >= 15 is 0 Å². The molecule has 1 aliphatic rings. The maximum Gasteiger partial charge on any atom is 0.242 e. The Kier molecular flexibility index (Phi) is 3.93. The number of benzene rings is 2. The van der Waals surface area contributed by atoms with Crippen LogP contribution in [0.2, 0.25) is 0 Å². The van der Waals surface area contributed by atoms with E-state index in [4.69, 9.17) is 0 Å². The fourth-order valence-electron chi connectivity index (χ4n) is 3.16. The van der Waals surface area contributed by atoms with E-state index in [2.05, 4.69) is 15.6 Å². The van der Waals surface area contributed by atoms with Gasteiger partial charge in [-0.3, -0.25) is 9.59 Å². The first-order valence-electron chi connectivity index (χ1n) is 8.30. The lowest BCUT2D eigenvalue weighted by Gasteiger charge is -2.13. The van der Waals surface area contributed by atoms with Crippen LogP contribution in [0.1, 0.15) is 6.42 Å². The molecule has 2 amide bonds. The molecule has 1 aliphatic heterocycles. The average Bonchev–Trinajstić information content (AvgIpc) is 3.20. The summed E-state index contributed by atoms with van der Waals surface area (Å²) in [6.45, 7) is 0.724. The van der Waals surface area contributed by atoms with Crippen LogP contribution in [0.5, 0.6) is 0 Å². The molecule has 1 saturated heterocycles. The van der Waals surface area contributed by atoms with Crippen LogP contribution in [0.4, 0.5) is 0 Å². The molecule has 0 saturated carbocycles. The van der Waals surface area contributed by atoms with Crippen molar-refractivity contribution >= 4 is 22.8 Å². The Morgan fingerprint density at radius 2 is 1.92 bits per heavy atom. The molecule has 1 unspecified atom stereocenters. The number of para-hydroxylation sites is 2. The highest BCUT2D eigenvalue weighted by atomic mass is 16.2. The first-order chi connectivity index (χ1) is 12.2. The molecule has 25 heavy (non-hydrogen) atoms. The predicted octanol–water partition coefficient (Wildman–Crippen LogP) is 1.71. The molecule has 0 aliphatic carbocycles. The van der Waals surface area contributed by atoms with Crippen LogP contribution < -0.4 is 10.6 Å². The van der Waals surface area contributed by atoms with E-state index in [1.165, 1.54) is 0 Å². The van der Waals surface area contributed by atoms with E-state index in [-0.39, 0.29) is 18.4 Å². The zero-order valence-corrected chi connectivity index (χ0v) is 13.6. The second kappa shape index (κ2) is 6.39. The van der Waals surface area contributed by atoms with Crippen molar-refractivity contribution in [1.82, 2.24) is 20.2 Å². The molecule has 1 atom stereocenters. The van der Waals surface area contributed by atoms with Gasteiger partial charge in [-0.15, -0.1) is 0 Å². The van der Waals surface area contributed by atoms with Gasteiger partial charge in [0.05, 0.1) is 11.0 Å². The van der Waals surface area contributed by atoms with Crippen LogP contribution in [0.25, 0.3) is 22.4 Å². The highest BCUT2D eigenvalue weighted by Gasteiger charge is 2.26. The molecular formula is C19H18N4O2. The van der Waals surface area contributed by atoms with Crippen molar-refractivity contribution in [3.63, 3.8) is 0 Å². The highest BCUT2D eigenvalue weighted by molar-refractivity contribution is 5.90. The molecule has 2 heterocycles. The van der Waals surface area contributed by atoms with E-state index < -0.39 is 6.04 Å². The molecule has 6 heteroatoms. The third kappa shape index (κ3) is 2.98. The fraction of sp³-hybridized carbons (Fsp3) is 0.211. The van der Waals surface area contributed by atoms with Crippen LogP contribution in [-0.2, 0) is 16.1 Å². The topological polar surface area (TPSA) is 76.0 Å². The van der Waals surface area contributed by atoms with Crippen LogP contribution in [-0.4, -0.2) is 34.0 Å². The minimum absolute atomic E-state index is 0.118. The van der Waals surface area contributed by atoms with Gasteiger partial charge in [0.2, 0.25) is 11.8 Å². The number of carbonyl (C=O) groups is 2. The summed E-state index contributed by atoms with van der Waals surface area (Å²) < 4.78 is 1.90. The van der Waals surface area contributed by atoms with Gasteiger partial charge in [0.1, 0.15) is 18.4 Å². The van der Waals surface area contributed by atoms with Crippen molar-refractivity contribution in [2.24, 2.45) is 0 Å². The minimum atomic E-state index is -0.442. The molecular weight excluding hydrogens is 316 g/mol. The number of nitrogens with zero attached hydrogens (tertiary/aromatic N) is 2. The molecule has 1 fully saturated rings. The van der Waals surface area contributed by atoms with Gasteiger partial charge in [-0.25, -0.2) is 4.98 Å². The Bertz CT molecular complexity index is 933. The van der Waals surface area contributed by atoms with E-state index in [0.717, 1.165) is 22.4 Å². The third-order valence-corrected chi connectivity index (χ3v) is 4.37. The van der Waals surface area contributed by atoms with Crippen molar-refractivity contribution in [1.29, 1.82) is 0 Å². The largest absolute Gasteiger partial charge is 0.354 e. The average molecular weight is 334 g/mol. The molecule has 1 aromatic heterocycles. The molecule has 126 valence electrons. The van der Waals surface area contributed by atoms with Crippen molar-refractivity contribution < 1.29 is 9.59 Å². The Morgan fingerprint density at radius 1 is 1.16 bits per heavy atom. The van der Waals surface area contributed by atoms with Crippen molar-refractivity contribution in [3.8, 4) is 11.4 Å². The molecule has 0 radical (unpaired) electrons. The number of aromatic nitrogens is 2. The third-order valence-electron chi connectivity index (χ3n) is 4.37. The maximum absolute atomic E-state index is 12.5. The van der Waals surface area contributed by atoms with Crippen LogP contribution >= 0.6 is 0 Å². The molecule has 3 aromatic rings. The zero-order chi connectivity index (χ0) is 17.2. The van der Waals surface area contributed by atoms with E-state index in [9.17, 15) is 9.59 Å². The Hall–Kier alpha value is -3.15. The number of nitrogens with one attached hydrogen (secondary N) is 2. The predicted molar refractivity (Wildman–Crippen MR) is 94.7 cm³/mol. The number of hydrogen-bond acceptors (Lipinski definition) is 3. The van der Waals surface area contributed by atoms with Crippen molar-refractivity contribution in [3.05, 3.63) is 54.6 Å². The molecule has 2 N–H and O–H groups in total. The number of imidazole rings is 1. The molecule has 4 rings (SSSR count). The first kappa shape index (κ1) is 15.4. The normalized spacial score (nSPS) is 16.8. The van der Waals surface area contributed by atoms with Gasteiger partial charge in [0.15, 0.2) is 0 Å². The van der Waals surface area contributed by atoms with Gasteiger partial charge in [0.25, 0.3) is 0 Å². The number of carbonyl (C=O) groups excluding carboxylic acids is 2. The number of fused-ring (bicyclic) bond motifs is 1. The highest BCUT2D eigenvalue weighted by Crippen LogP contribution is 2.24. The van der Waals surface area contributed by atoms with E-state index in [1.54, 1.807) is 0 Å². The lowest BCUT2D eigenvalue weighted by molar-refractivity contribution is -0.127. The van der Waals surface area contributed by atoms with Gasteiger partial charge >= 0.3 is 0 Å². The van der Waals surface area contributed by atoms with Crippen LogP contribution in [0.15, 0.2) is 54.6 Å². The summed E-state index contributed by atoms with van der Waals surface area (Å²) in [5.74, 6) is 0.433. The summed E-state index contributed by atoms with van der Waals surface area (Å²) in [7, 11) is 0. The molecule has 0 bridgehead atoms. The standard InChI is InChI=1S/C19H18N4O2/c24-17(21-15-10-11-20-19(15)25)12-23-16-9-5-4-8-14(16)22-18(23)13-6-2-1-3-7-13/h1-9,15H,10-12H2,(H,20,25)(H,21,24). The van der Waals surface area contributed by atoms with Gasteiger partial charge in [-0.05, 0) is 18.6 Å². The smallest absolute Gasteiger partial charge is 0.242 e. The monoisotopic (exact) mass is 334 g/mol. The van der Waals surface area contributed by atoms with Gasteiger partial charge in [-0.1, -0.05) is 42.5 Å². The summed E-state index contributed by atoms with van der Waals surface area (Å²) >= 11 is 0. The summed E-state index contributed by atoms with van der Waals surface area (Å²) in [6, 6.07) is 17.1. The minimum Gasteiger partial charge on any atom is -0.354 e. The summed E-state index contributed by atoms with van der Waals surface area (Å²) in [6.07, 6.45) is 0.626. The Balaban J connectivity index is 1.68. The quantitative estimate of drug-likeness (QED) is 0.763. The first-order valence-corrected chi connectivity index (χ1v) is 8.30. The van der Waals surface area contributed by atoms with Crippen molar-refractivity contribution in [2.75, 3.05) is 6.54 Å². The fourth-order valence-corrected chi connectivity index (χ4v) is 3.16. The number of rotatable bonds is 4. The lowest BCUT2D eigenvalue weighted by atomic mass is 10.2. The van der Waals surface area contributed by atoms with Crippen molar-refractivity contribution in [2.45, 2.75) is 19.0 Å². The summed E-state index contributed by atoms with van der Waals surface area (Å²) in [4.78, 5) is 28.9. The lowest BCUT2D eigenvalue weighted by Crippen LogP contribution is -2.41. The zero-order valence-electron chi connectivity index (χ0n) is 13.6. The van der Waals surface area contributed by atoms with Gasteiger partial charge in [-0.2, -0.15) is 0 Å². The number of amides is 2. The maximum atomic E-state index is 12.5. The Labute approximate surface area is 144 Å². The summed E-state index contributed by atoms with van der Waals surface area (Å²) in [5.41, 5.74) is 2.69. The second-order valence-electron chi connectivity index (χ2n) is 6.08. The molecule has 2 aromatic carbocycles. The Morgan fingerprint density at radius 3 is 2.68 bits per heavy atom. The molecule has 6 nitrogen and oxygen atoms in total. The van der Waals surface area contributed by atoms with Gasteiger partial charge < -0.3 is 15.2 Å². The van der Waals surface area contributed by atoms with Gasteiger partial charge in [0, 0.05) is 12.1 Å². The summed E-state index contributed by atoms with van der Waals surface area (Å²) in [5, 5.41) is 5.54. The second-order valence-corrected chi connectivity index (χ2v) is 6.08. The van der Waals surface area contributed by atoms with E-state index in [1.807, 2.05) is 59.2 Å². The molecule has 0 spiro atoms. The van der Waals surface area contributed by atoms with Crippen LogP contribution in [0, 0.1) is 0 Å². The number of hydrogen-bond donors (Lipinski definition) is 2.